The Bertz CT molecular complexity index is 3780. The molecule has 12 aromatic rings. The second-order valence-corrected chi connectivity index (χ2v) is 18.0. The van der Waals surface area contributed by atoms with E-state index < -0.39 is 5.41 Å². The Balaban J connectivity index is 0.997. The van der Waals surface area contributed by atoms with E-state index in [4.69, 9.17) is 0 Å². The molecule has 0 fully saturated rings. The zero-order valence-corrected chi connectivity index (χ0v) is 37.4. The topological polar surface area (TPSA) is 3.24 Å². The fraction of sp³-hybridized carbons (Fsp3) is 0.0149. The smallest absolute Gasteiger partial charge is 0.0714 e. The van der Waals surface area contributed by atoms with Crippen molar-refractivity contribution >= 4 is 49.4 Å². The fourth-order valence-corrected chi connectivity index (χ4v) is 11.3. The Morgan fingerprint density at radius 2 is 0.735 bits per heavy atom. The highest BCUT2D eigenvalue weighted by Crippen LogP contribution is 2.57. The van der Waals surface area contributed by atoms with E-state index >= 15 is 0 Å². The van der Waals surface area contributed by atoms with E-state index in [-0.39, 0.29) is 0 Å². The molecule has 0 heterocycles. The van der Waals surface area contributed by atoms with Crippen LogP contribution in [-0.2, 0) is 5.41 Å². The molecule has 0 unspecified atom stereocenters. The van der Waals surface area contributed by atoms with Crippen LogP contribution in [0.25, 0.3) is 76.8 Å². The first-order valence-electron chi connectivity index (χ1n) is 23.6. The summed E-state index contributed by atoms with van der Waals surface area (Å²) in [5.74, 6) is 0. The van der Waals surface area contributed by atoms with E-state index in [1.807, 2.05) is 0 Å². The third-order valence-electron chi connectivity index (χ3n) is 14.3. The monoisotopic (exact) mass is 863 g/mol. The van der Waals surface area contributed by atoms with Gasteiger partial charge in [0.2, 0.25) is 0 Å². The van der Waals surface area contributed by atoms with Crippen LogP contribution in [-0.4, -0.2) is 0 Å². The van der Waals surface area contributed by atoms with Gasteiger partial charge >= 0.3 is 0 Å². The van der Waals surface area contributed by atoms with Gasteiger partial charge in [0.1, 0.15) is 0 Å². The number of rotatable bonds is 8. The number of benzene rings is 12. The van der Waals surface area contributed by atoms with Gasteiger partial charge in [-0.05, 0) is 142 Å². The summed E-state index contributed by atoms with van der Waals surface area (Å²) in [6.45, 7) is 0. The van der Waals surface area contributed by atoms with Gasteiger partial charge in [-0.1, -0.05) is 231 Å². The second-order valence-electron chi connectivity index (χ2n) is 18.0. The summed E-state index contributed by atoms with van der Waals surface area (Å²) in [6.07, 6.45) is 0. The maximum absolute atomic E-state index is 2.46. The van der Waals surface area contributed by atoms with Crippen molar-refractivity contribution in [2.75, 3.05) is 4.90 Å². The molecule has 0 saturated carbocycles. The molecule has 13 rings (SSSR count). The van der Waals surface area contributed by atoms with Crippen molar-refractivity contribution in [2.24, 2.45) is 0 Å². The predicted octanol–water partition coefficient (Wildman–Crippen LogP) is 18.0. The molecule has 0 amide bonds. The molecule has 0 bridgehead atoms. The molecular weight excluding hydrogens is 819 g/mol. The normalized spacial score (nSPS) is 12.5. The first kappa shape index (κ1) is 39.6. The molecule has 0 radical (unpaired) electrons. The molecule has 12 aromatic carbocycles. The van der Waals surface area contributed by atoms with Crippen LogP contribution in [0.15, 0.2) is 273 Å². The Morgan fingerprint density at radius 3 is 1.43 bits per heavy atom. The van der Waals surface area contributed by atoms with Gasteiger partial charge in [-0.2, -0.15) is 0 Å². The van der Waals surface area contributed by atoms with Crippen LogP contribution in [0.4, 0.5) is 17.1 Å². The number of hydrogen-bond donors (Lipinski definition) is 0. The molecule has 0 saturated heterocycles. The van der Waals surface area contributed by atoms with Crippen molar-refractivity contribution in [3.63, 3.8) is 0 Å². The minimum atomic E-state index is -0.510. The minimum absolute atomic E-state index is 0.510. The molecule has 68 heavy (non-hydrogen) atoms. The van der Waals surface area contributed by atoms with E-state index in [2.05, 4.69) is 278 Å². The van der Waals surface area contributed by atoms with Crippen LogP contribution in [0, 0.1) is 0 Å². The van der Waals surface area contributed by atoms with Gasteiger partial charge in [0.05, 0.1) is 5.41 Å². The highest BCUT2D eigenvalue weighted by Gasteiger charge is 2.46. The van der Waals surface area contributed by atoms with Crippen LogP contribution in [0.3, 0.4) is 0 Å². The summed E-state index contributed by atoms with van der Waals surface area (Å²) in [5, 5.41) is 7.44. The van der Waals surface area contributed by atoms with Crippen molar-refractivity contribution in [2.45, 2.75) is 5.41 Å². The molecule has 0 aromatic heterocycles. The van der Waals surface area contributed by atoms with E-state index in [0.717, 1.165) is 17.1 Å². The minimum Gasteiger partial charge on any atom is -0.310 e. The third-order valence-corrected chi connectivity index (χ3v) is 14.3. The van der Waals surface area contributed by atoms with Gasteiger partial charge in [-0.15, -0.1) is 0 Å². The summed E-state index contributed by atoms with van der Waals surface area (Å²) in [4.78, 5) is 2.44. The van der Waals surface area contributed by atoms with E-state index in [1.54, 1.807) is 0 Å². The maximum atomic E-state index is 2.46. The molecule has 1 aliphatic carbocycles. The number of nitrogens with zero attached hydrogens (tertiary/aromatic N) is 1. The lowest BCUT2D eigenvalue weighted by Gasteiger charge is -2.35. The van der Waals surface area contributed by atoms with Crippen LogP contribution < -0.4 is 4.90 Å². The van der Waals surface area contributed by atoms with E-state index in [0.29, 0.717) is 0 Å². The highest BCUT2D eigenvalue weighted by atomic mass is 15.1. The Kier molecular flexibility index (Phi) is 9.47. The van der Waals surface area contributed by atoms with Crippen LogP contribution in [0.5, 0.6) is 0 Å². The van der Waals surface area contributed by atoms with Crippen molar-refractivity contribution in [1.29, 1.82) is 0 Å². The van der Waals surface area contributed by atoms with Gasteiger partial charge in [0.15, 0.2) is 0 Å². The quantitative estimate of drug-likeness (QED) is 0.138. The Hall–Kier alpha value is -8.78. The molecular formula is C67H45N. The fourth-order valence-electron chi connectivity index (χ4n) is 11.3. The van der Waals surface area contributed by atoms with Crippen molar-refractivity contribution in [3.05, 3.63) is 295 Å². The summed E-state index contributed by atoms with van der Waals surface area (Å²) in [7, 11) is 0. The largest absolute Gasteiger partial charge is 0.310 e. The van der Waals surface area contributed by atoms with Crippen molar-refractivity contribution in [1.82, 2.24) is 0 Å². The molecule has 1 nitrogen and oxygen atoms in total. The van der Waals surface area contributed by atoms with Crippen LogP contribution in [0.1, 0.15) is 22.3 Å². The average molecular weight is 864 g/mol. The summed E-state index contributed by atoms with van der Waals surface area (Å²) >= 11 is 0. The van der Waals surface area contributed by atoms with Gasteiger partial charge in [-0.3, -0.25) is 0 Å². The number of anilines is 3. The zero-order valence-electron chi connectivity index (χ0n) is 37.4. The number of fused-ring (bicyclic) bond motifs is 7. The lowest BCUT2D eigenvalue weighted by Crippen LogP contribution is -2.28. The highest BCUT2D eigenvalue weighted by molar-refractivity contribution is 6.22. The molecule has 1 heteroatoms. The molecule has 0 N–H and O–H groups in total. The van der Waals surface area contributed by atoms with Gasteiger partial charge in [-0.25, -0.2) is 0 Å². The number of hydrogen-bond acceptors (Lipinski definition) is 1. The first-order valence-corrected chi connectivity index (χ1v) is 23.6. The standard InChI is InChI=1S/C67H45N/c1-5-20-48(21-6-1)65-61-31-16-15-29-57(61)58-41-36-51(44-62(58)66(65)49-22-7-2-8-23-49)47-33-37-54(38-34-47)68(55-39-35-46-19-13-14-24-50(46)43-55)56-40-42-60-59-30-17-18-32-63(59)67(64(60)45-56,52-25-9-3-10-26-52)53-27-11-4-12-28-53/h1-45H. The second kappa shape index (κ2) is 16.3. The van der Waals surface area contributed by atoms with Crippen molar-refractivity contribution < 1.29 is 0 Å². The predicted molar refractivity (Wildman–Crippen MR) is 287 cm³/mol. The van der Waals surface area contributed by atoms with Gasteiger partial charge < -0.3 is 4.90 Å². The summed E-state index contributed by atoms with van der Waals surface area (Å²) < 4.78 is 0. The molecule has 318 valence electrons. The maximum Gasteiger partial charge on any atom is 0.0714 e. The Labute approximate surface area is 397 Å². The SMILES string of the molecule is c1ccc(-c2c(-c3ccccc3)c3cc(-c4ccc(N(c5ccc6c(c5)C(c5ccccc5)(c5ccccc5)c5ccccc5-6)c5ccc6ccccc6c5)cc4)ccc3c3ccccc23)cc1. The summed E-state index contributed by atoms with van der Waals surface area (Å²) in [5.41, 5.74) is 17.7. The lowest BCUT2D eigenvalue weighted by molar-refractivity contribution is 0.768. The van der Waals surface area contributed by atoms with Crippen molar-refractivity contribution in [3.8, 4) is 44.5 Å². The molecule has 0 atom stereocenters. The van der Waals surface area contributed by atoms with E-state index in [1.165, 1.54) is 99.1 Å². The Morgan fingerprint density at radius 1 is 0.250 bits per heavy atom. The zero-order chi connectivity index (χ0) is 45.0. The molecule has 0 spiro atoms. The van der Waals surface area contributed by atoms with Gasteiger partial charge in [0.25, 0.3) is 0 Å². The third kappa shape index (κ3) is 6.32. The molecule has 0 aliphatic heterocycles. The van der Waals surface area contributed by atoms with Crippen LogP contribution >= 0.6 is 0 Å². The van der Waals surface area contributed by atoms with E-state index in [9.17, 15) is 0 Å². The average Bonchev–Trinajstić information content (AvgIpc) is 3.72. The summed E-state index contributed by atoms with van der Waals surface area (Å²) in [6, 6.07) is 101. The lowest BCUT2D eigenvalue weighted by atomic mass is 9.67. The van der Waals surface area contributed by atoms with Crippen LogP contribution in [0.2, 0.25) is 0 Å². The molecule has 1 aliphatic rings. The first-order chi connectivity index (χ1) is 33.7. The van der Waals surface area contributed by atoms with Gasteiger partial charge in [0, 0.05) is 17.1 Å².